The highest BCUT2D eigenvalue weighted by Gasteiger charge is 2.29. The van der Waals surface area contributed by atoms with Crippen molar-refractivity contribution in [3.63, 3.8) is 0 Å². The standard InChI is InChI=1S/C12H22N2O/c13-12(15)10-6-1-2-7-11(10)14-8-9-4-3-5-9/h9-11,14H,1-8H2,(H2,13,15). The Balaban J connectivity index is 1.78. The normalized spacial score (nSPS) is 32.3. The van der Waals surface area contributed by atoms with Crippen LogP contribution < -0.4 is 11.1 Å². The summed E-state index contributed by atoms with van der Waals surface area (Å²) in [5, 5.41) is 3.55. The van der Waals surface area contributed by atoms with E-state index < -0.39 is 0 Å². The van der Waals surface area contributed by atoms with Crippen molar-refractivity contribution in [1.29, 1.82) is 0 Å². The number of primary amides is 1. The van der Waals surface area contributed by atoms with Crippen LogP contribution in [-0.4, -0.2) is 18.5 Å². The van der Waals surface area contributed by atoms with Gasteiger partial charge in [0.1, 0.15) is 0 Å². The Morgan fingerprint density at radius 2 is 1.87 bits per heavy atom. The lowest BCUT2D eigenvalue weighted by molar-refractivity contribution is -0.123. The highest BCUT2D eigenvalue weighted by molar-refractivity contribution is 5.77. The molecule has 0 aromatic rings. The molecular formula is C12H22N2O. The van der Waals surface area contributed by atoms with Gasteiger partial charge in [0.15, 0.2) is 0 Å². The van der Waals surface area contributed by atoms with E-state index in [2.05, 4.69) is 5.32 Å². The summed E-state index contributed by atoms with van der Waals surface area (Å²) < 4.78 is 0. The smallest absolute Gasteiger partial charge is 0.222 e. The molecule has 2 aliphatic carbocycles. The fourth-order valence-corrected chi connectivity index (χ4v) is 2.73. The Hall–Kier alpha value is -0.570. The number of amides is 1. The molecule has 15 heavy (non-hydrogen) atoms. The van der Waals surface area contributed by atoms with Crippen molar-refractivity contribution >= 4 is 5.91 Å². The van der Waals surface area contributed by atoms with Crippen LogP contribution in [0.1, 0.15) is 44.9 Å². The van der Waals surface area contributed by atoms with Gasteiger partial charge in [-0.3, -0.25) is 4.79 Å². The average molecular weight is 210 g/mol. The molecule has 0 aromatic heterocycles. The van der Waals surface area contributed by atoms with E-state index in [0.717, 1.165) is 31.7 Å². The summed E-state index contributed by atoms with van der Waals surface area (Å²) in [6.45, 7) is 1.09. The zero-order valence-corrected chi connectivity index (χ0v) is 9.37. The van der Waals surface area contributed by atoms with Gasteiger partial charge < -0.3 is 11.1 Å². The first-order chi connectivity index (χ1) is 7.27. The van der Waals surface area contributed by atoms with Gasteiger partial charge in [0.25, 0.3) is 0 Å². The number of rotatable bonds is 4. The Bertz CT molecular complexity index is 226. The fourth-order valence-electron chi connectivity index (χ4n) is 2.73. The Labute approximate surface area is 91.8 Å². The summed E-state index contributed by atoms with van der Waals surface area (Å²) in [5.41, 5.74) is 5.43. The van der Waals surface area contributed by atoms with Gasteiger partial charge in [-0.25, -0.2) is 0 Å². The number of hydrogen-bond donors (Lipinski definition) is 2. The highest BCUT2D eigenvalue weighted by atomic mass is 16.1. The van der Waals surface area contributed by atoms with Crippen molar-refractivity contribution in [2.24, 2.45) is 17.6 Å². The molecule has 3 heteroatoms. The maximum atomic E-state index is 11.3. The predicted molar refractivity (Wildman–Crippen MR) is 60.3 cm³/mol. The first-order valence-corrected chi connectivity index (χ1v) is 6.30. The topological polar surface area (TPSA) is 55.1 Å². The van der Waals surface area contributed by atoms with Crippen molar-refractivity contribution in [1.82, 2.24) is 5.32 Å². The summed E-state index contributed by atoms with van der Waals surface area (Å²) in [4.78, 5) is 11.3. The molecule has 0 heterocycles. The van der Waals surface area contributed by atoms with Gasteiger partial charge in [0, 0.05) is 6.04 Å². The number of hydrogen-bond acceptors (Lipinski definition) is 2. The third kappa shape index (κ3) is 2.71. The minimum atomic E-state index is -0.110. The lowest BCUT2D eigenvalue weighted by atomic mass is 9.82. The zero-order valence-electron chi connectivity index (χ0n) is 9.37. The second-order valence-electron chi connectivity index (χ2n) is 5.10. The largest absolute Gasteiger partial charge is 0.369 e. The van der Waals surface area contributed by atoms with Crippen LogP contribution in [0.25, 0.3) is 0 Å². The zero-order chi connectivity index (χ0) is 10.7. The summed E-state index contributed by atoms with van der Waals surface area (Å²) in [6, 6.07) is 0.358. The molecule has 0 aromatic carbocycles. The van der Waals surface area contributed by atoms with Crippen LogP contribution in [0.5, 0.6) is 0 Å². The minimum Gasteiger partial charge on any atom is -0.369 e. The van der Waals surface area contributed by atoms with Crippen LogP contribution in [-0.2, 0) is 4.79 Å². The van der Waals surface area contributed by atoms with Gasteiger partial charge >= 0.3 is 0 Å². The van der Waals surface area contributed by atoms with Gasteiger partial charge in [0.2, 0.25) is 5.91 Å². The maximum Gasteiger partial charge on any atom is 0.222 e. The highest BCUT2D eigenvalue weighted by Crippen LogP contribution is 2.28. The molecule has 2 unspecified atom stereocenters. The van der Waals surface area contributed by atoms with Crippen LogP contribution in [0.2, 0.25) is 0 Å². The molecule has 2 saturated carbocycles. The third-order valence-corrected chi connectivity index (χ3v) is 4.02. The Morgan fingerprint density at radius 1 is 1.13 bits per heavy atom. The van der Waals surface area contributed by atoms with Gasteiger partial charge in [-0.15, -0.1) is 0 Å². The van der Waals surface area contributed by atoms with Crippen molar-refractivity contribution in [2.75, 3.05) is 6.54 Å². The van der Waals surface area contributed by atoms with E-state index in [-0.39, 0.29) is 11.8 Å². The molecule has 3 N–H and O–H groups in total. The first kappa shape index (κ1) is 10.9. The van der Waals surface area contributed by atoms with Gasteiger partial charge in [-0.2, -0.15) is 0 Å². The van der Waals surface area contributed by atoms with E-state index in [1.54, 1.807) is 0 Å². The van der Waals surface area contributed by atoms with E-state index in [1.165, 1.54) is 25.7 Å². The monoisotopic (exact) mass is 210 g/mol. The van der Waals surface area contributed by atoms with Crippen LogP contribution >= 0.6 is 0 Å². The predicted octanol–water partition coefficient (Wildman–Crippen LogP) is 1.42. The Morgan fingerprint density at radius 3 is 2.47 bits per heavy atom. The molecule has 0 radical (unpaired) electrons. The van der Waals surface area contributed by atoms with E-state index in [4.69, 9.17) is 5.73 Å². The van der Waals surface area contributed by atoms with E-state index in [0.29, 0.717) is 6.04 Å². The fraction of sp³-hybridized carbons (Fsp3) is 0.917. The lowest BCUT2D eigenvalue weighted by Crippen LogP contribution is -2.46. The second-order valence-corrected chi connectivity index (χ2v) is 5.10. The lowest BCUT2D eigenvalue weighted by Gasteiger charge is -2.33. The third-order valence-electron chi connectivity index (χ3n) is 4.02. The quantitative estimate of drug-likeness (QED) is 0.737. The van der Waals surface area contributed by atoms with E-state index >= 15 is 0 Å². The second kappa shape index (κ2) is 4.97. The molecule has 0 saturated heterocycles. The minimum absolute atomic E-state index is 0.0822. The molecular weight excluding hydrogens is 188 g/mol. The van der Waals surface area contributed by atoms with Crippen LogP contribution in [0.15, 0.2) is 0 Å². The number of nitrogens with one attached hydrogen (secondary N) is 1. The van der Waals surface area contributed by atoms with Crippen LogP contribution in [0, 0.1) is 11.8 Å². The summed E-state index contributed by atoms with van der Waals surface area (Å²) in [7, 11) is 0. The summed E-state index contributed by atoms with van der Waals surface area (Å²) in [5.74, 6) is 0.833. The molecule has 0 bridgehead atoms. The van der Waals surface area contributed by atoms with Gasteiger partial charge in [0.05, 0.1) is 5.92 Å². The molecule has 1 amide bonds. The van der Waals surface area contributed by atoms with Crippen molar-refractivity contribution in [3.05, 3.63) is 0 Å². The summed E-state index contributed by atoms with van der Waals surface area (Å²) >= 11 is 0. The number of nitrogens with two attached hydrogens (primary N) is 1. The summed E-state index contributed by atoms with van der Waals surface area (Å²) in [6.07, 6.45) is 8.62. The van der Waals surface area contributed by atoms with Gasteiger partial charge in [-0.05, 0) is 38.1 Å². The molecule has 2 rings (SSSR count). The van der Waals surface area contributed by atoms with Crippen LogP contribution in [0.3, 0.4) is 0 Å². The van der Waals surface area contributed by atoms with Crippen molar-refractivity contribution in [3.8, 4) is 0 Å². The molecule has 3 nitrogen and oxygen atoms in total. The maximum absolute atomic E-state index is 11.3. The van der Waals surface area contributed by atoms with E-state index in [9.17, 15) is 4.79 Å². The molecule has 0 spiro atoms. The molecule has 2 fully saturated rings. The molecule has 0 aliphatic heterocycles. The first-order valence-electron chi connectivity index (χ1n) is 6.30. The Kier molecular flexibility index (Phi) is 3.62. The number of carbonyl (C=O) groups excluding carboxylic acids is 1. The van der Waals surface area contributed by atoms with Crippen LogP contribution in [0.4, 0.5) is 0 Å². The SMILES string of the molecule is NC(=O)C1CCCCC1NCC1CCC1. The van der Waals surface area contributed by atoms with E-state index in [1.807, 2.05) is 0 Å². The number of carbonyl (C=O) groups is 1. The molecule has 86 valence electrons. The average Bonchev–Trinajstić information content (AvgIpc) is 2.16. The van der Waals surface area contributed by atoms with Crippen molar-refractivity contribution < 1.29 is 4.79 Å². The van der Waals surface area contributed by atoms with Crippen molar-refractivity contribution in [2.45, 2.75) is 51.0 Å². The van der Waals surface area contributed by atoms with Gasteiger partial charge in [-0.1, -0.05) is 19.3 Å². The molecule has 2 atom stereocenters. The molecule has 2 aliphatic rings.